The normalized spacial score (nSPS) is 22.6. The number of rotatable bonds is 14. The number of unbranched alkanes of at least 4 members (excludes halogenated alkanes) is 2. The first kappa shape index (κ1) is 28.2. The van der Waals surface area contributed by atoms with E-state index in [2.05, 4.69) is 43.9 Å². The van der Waals surface area contributed by atoms with E-state index in [1.165, 1.54) is 68.9 Å². The molecule has 1 saturated carbocycles. The second kappa shape index (κ2) is 15.0. The van der Waals surface area contributed by atoms with E-state index in [4.69, 9.17) is 9.47 Å². The van der Waals surface area contributed by atoms with Gasteiger partial charge in [-0.3, -0.25) is 4.79 Å². The molecule has 0 aliphatic heterocycles. The van der Waals surface area contributed by atoms with Crippen LogP contribution in [-0.4, -0.2) is 25.7 Å². The average molecular weight is 495 g/mol. The monoisotopic (exact) mass is 494 g/mol. The topological polar surface area (TPSA) is 52.6 Å². The number of hydrogen-bond acceptors (Lipinski definition) is 4. The van der Waals surface area contributed by atoms with Crippen LogP contribution in [0.4, 0.5) is 0 Å². The molecular weight excluding hydrogens is 448 g/mol. The van der Waals surface area contributed by atoms with E-state index in [9.17, 15) is 9.59 Å². The summed E-state index contributed by atoms with van der Waals surface area (Å²) in [6.45, 7) is 8.64. The van der Waals surface area contributed by atoms with Crippen LogP contribution in [0, 0.1) is 17.8 Å². The second-order valence-corrected chi connectivity index (χ2v) is 11.0. The van der Waals surface area contributed by atoms with Gasteiger partial charge in [0.2, 0.25) is 0 Å². The lowest BCUT2D eigenvalue weighted by Crippen LogP contribution is -2.17. The maximum Gasteiger partial charge on any atom is 0.333 e. The SMILES string of the molecule is C=C(C)C(=O)OCC(CCOC=O)c1ccc2c(c1)CCC(/C=C/C1CCC(CCCCC)CC1)C2. The van der Waals surface area contributed by atoms with Crippen molar-refractivity contribution in [2.75, 3.05) is 13.2 Å². The first-order valence-corrected chi connectivity index (χ1v) is 14.2. The van der Waals surface area contributed by atoms with E-state index in [1.54, 1.807) is 6.92 Å². The summed E-state index contributed by atoms with van der Waals surface area (Å²) in [5.41, 5.74) is 4.36. The smallest absolute Gasteiger partial charge is 0.333 e. The third kappa shape index (κ3) is 8.94. The Balaban J connectivity index is 1.53. The summed E-state index contributed by atoms with van der Waals surface area (Å²) in [4.78, 5) is 22.5. The third-order valence-electron chi connectivity index (χ3n) is 8.15. The van der Waals surface area contributed by atoms with Gasteiger partial charge in [0.15, 0.2) is 0 Å². The lowest BCUT2D eigenvalue weighted by molar-refractivity contribution is -0.140. The molecule has 36 heavy (non-hydrogen) atoms. The predicted molar refractivity (Wildman–Crippen MR) is 146 cm³/mol. The highest BCUT2D eigenvalue weighted by Crippen LogP contribution is 2.34. The molecule has 0 heterocycles. The number of hydrogen-bond donors (Lipinski definition) is 0. The highest BCUT2D eigenvalue weighted by molar-refractivity contribution is 5.86. The fraction of sp³-hybridized carbons (Fsp3) is 0.625. The summed E-state index contributed by atoms with van der Waals surface area (Å²) in [6, 6.07) is 6.68. The molecule has 1 fully saturated rings. The maximum absolute atomic E-state index is 11.9. The highest BCUT2D eigenvalue weighted by atomic mass is 16.5. The summed E-state index contributed by atoms with van der Waals surface area (Å²) in [6.07, 6.45) is 20.1. The van der Waals surface area contributed by atoms with Gasteiger partial charge < -0.3 is 9.47 Å². The minimum absolute atomic E-state index is 0.00623. The number of allylic oxidation sites excluding steroid dienone is 2. The van der Waals surface area contributed by atoms with Crippen LogP contribution in [0.2, 0.25) is 0 Å². The van der Waals surface area contributed by atoms with Gasteiger partial charge in [-0.1, -0.05) is 69.5 Å². The Labute approximate surface area is 218 Å². The molecule has 2 aliphatic rings. The van der Waals surface area contributed by atoms with Crippen molar-refractivity contribution < 1.29 is 19.1 Å². The summed E-state index contributed by atoms with van der Waals surface area (Å²) < 4.78 is 10.4. The zero-order chi connectivity index (χ0) is 25.8. The lowest BCUT2D eigenvalue weighted by atomic mass is 9.78. The number of carbonyl (C=O) groups is 2. The molecule has 1 aromatic rings. The van der Waals surface area contributed by atoms with E-state index in [1.807, 2.05) is 0 Å². The van der Waals surface area contributed by atoms with E-state index >= 15 is 0 Å². The number of benzene rings is 1. The molecule has 0 spiro atoms. The van der Waals surface area contributed by atoms with E-state index in [0.29, 0.717) is 31.0 Å². The van der Waals surface area contributed by atoms with Gasteiger partial charge >= 0.3 is 5.97 Å². The van der Waals surface area contributed by atoms with Crippen molar-refractivity contribution in [2.24, 2.45) is 17.8 Å². The molecule has 2 unspecified atom stereocenters. The van der Waals surface area contributed by atoms with Gasteiger partial charge in [-0.25, -0.2) is 4.79 Å². The quantitative estimate of drug-likeness (QED) is 0.0883. The highest BCUT2D eigenvalue weighted by Gasteiger charge is 2.22. The summed E-state index contributed by atoms with van der Waals surface area (Å²) in [5.74, 6) is 1.98. The fourth-order valence-electron chi connectivity index (χ4n) is 5.79. The fourth-order valence-corrected chi connectivity index (χ4v) is 5.79. The Morgan fingerprint density at radius 3 is 2.58 bits per heavy atom. The molecule has 1 aromatic carbocycles. The maximum atomic E-state index is 11.9. The molecule has 0 aromatic heterocycles. The van der Waals surface area contributed by atoms with Gasteiger partial charge in [0.1, 0.15) is 0 Å². The third-order valence-corrected chi connectivity index (χ3v) is 8.15. The molecular formula is C32H46O4. The number of carbonyl (C=O) groups excluding carboxylic acids is 2. The van der Waals surface area contributed by atoms with E-state index < -0.39 is 0 Å². The second-order valence-electron chi connectivity index (χ2n) is 11.0. The van der Waals surface area contributed by atoms with Crippen LogP contribution in [0.3, 0.4) is 0 Å². The van der Waals surface area contributed by atoms with Gasteiger partial charge in [0, 0.05) is 11.5 Å². The Morgan fingerprint density at radius 2 is 1.86 bits per heavy atom. The van der Waals surface area contributed by atoms with Crippen molar-refractivity contribution >= 4 is 12.4 Å². The van der Waals surface area contributed by atoms with Crippen LogP contribution in [0.15, 0.2) is 42.5 Å². The van der Waals surface area contributed by atoms with Crippen LogP contribution in [0.25, 0.3) is 0 Å². The van der Waals surface area contributed by atoms with Crippen LogP contribution in [0.1, 0.15) is 101 Å². The molecule has 0 bridgehead atoms. The zero-order valence-corrected chi connectivity index (χ0v) is 22.5. The van der Waals surface area contributed by atoms with Crippen molar-refractivity contribution in [2.45, 2.75) is 96.8 Å². The lowest BCUT2D eigenvalue weighted by Gasteiger charge is -2.28. The molecule has 2 atom stereocenters. The molecule has 0 radical (unpaired) electrons. The van der Waals surface area contributed by atoms with Crippen molar-refractivity contribution in [1.29, 1.82) is 0 Å². The minimum atomic E-state index is -0.381. The van der Waals surface area contributed by atoms with Crippen molar-refractivity contribution in [3.05, 3.63) is 59.2 Å². The summed E-state index contributed by atoms with van der Waals surface area (Å²) in [5, 5.41) is 0. The van der Waals surface area contributed by atoms with Crippen molar-refractivity contribution in [3.8, 4) is 0 Å². The first-order valence-electron chi connectivity index (χ1n) is 14.2. The van der Waals surface area contributed by atoms with E-state index in [0.717, 1.165) is 30.2 Å². The van der Waals surface area contributed by atoms with Gasteiger partial charge in [-0.15, -0.1) is 0 Å². The van der Waals surface area contributed by atoms with Gasteiger partial charge in [-0.05, 0) is 92.7 Å². The van der Waals surface area contributed by atoms with Crippen molar-refractivity contribution in [1.82, 2.24) is 0 Å². The molecule has 3 rings (SSSR count). The molecule has 0 N–H and O–H groups in total. The molecule has 0 saturated heterocycles. The summed E-state index contributed by atoms with van der Waals surface area (Å²) >= 11 is 0. The Kier molecular flexibility index (Phi) is 11.8. The largest absolute Gasteiger partial charge is 0.468 e. The van der Waals surface area contributed by atoms with Gasteiger partial charge in [0.25, 0.3) is 6.47 Å². The van der Waals surface area contributed by atoms with Gasteiger partial charge in [-0.2, -0.15) is 0 Å². The van der Waals surface area contributed by atoms with Crippen LogP contribution in [-0.2, 0) is 31.9 Å². The van der Waals surface area contributed by atoms with Crippen LogP contribution < -0.4 is 0 Å². The Morgan fingerprint density at radius 1 is 1.08 bits per heavy atom. The Bertz CT molecular complexity index is 878. The molecule has 2 aliphatic carbocycles. The molecule has 4 heteroatoms. The van der Waals surface area contributed by atoms with Gasteiger partial charge in [0.05, 0.1) is 13.2 Å². The Hall–Kier alpha value is -2.36. The van der Waals surface area contributed by atoms with Crippen LogP contribution >= 0.6 is 0 Å². The zero-order valence-electron chi connectivity index (χ0n) is 22.5. The summed E-state index contributed by atoms with van der Waals surface area (Å²) in [7, 11) is 0. The number of ether oxygens (including phenoxy) is 2. The molecule has 198 valence electrons. The standard InChI is InChI=1S/C32H46O4/c1-4-5-6-7-25-8-10-26(11-9-25)12-13-27-14-15-29-21-30(17-16-28(29)20-27)31(18-19-35-23-33)22-36-32(34)24(2)3/h12-13,16-17,21,23,25-27,31H,2,4-11,14-15,18-20,22H2,1,3H3/b13-12+. The number of fused-ring (bicyclic) bond motifs is 1. The van der Waals surface area contributed by atoms with E-state index in [-0.39, 0.29) is 18.5 Å². The molecule has 4 nitrogen and oxygen atoms in total. The number of esters is 1. The first-order chi connectivity index (χ1) is 17.5. The number of aryl methyl sites for hydroxylation is 1. The predicted octanol–water partition coefficient (Wildman–Crippen LogP) is 7.50. The average Bonchev–Trinajstić information content (AvgIpc) is 2.89. The minimum Gasteiger partial charge on any atom is -0.468 e. The van der Waals surface area contributed by atoms with Crippen molar-refractivity contribution in [3.63, 3.8) is 0 Å². The van der Waals surface area contributed by atoms with Crippen LogP contribution in [0.5, 0.6) is 0 Å². The molecule has 0 amide bonds.